The van der Waals surface area contributed by atoms with Crippen LogP contribution in [0.15, 0.2) is 23.2 Å². The highest BCUT2D eigenvalue weighted by Crippen LogP contribution is 2.24. The van der Waals surface area contributed by atoms with Crippen molar-refractivity contribution in [3.05, 3.63) is 35.1 Å². The van der Waals surface area contributed by atoms with E-state index in [9.17, 15) is 9.18 Å². The van der Waals surface area contributed by atoms with Gasteiger partial charge >= 0.3 is 0 Å². The largest absolute Gasteiger partial charge is 0.348 e. The Kier molecular flexibility index (Phi) is 4.38. The van der Waals surface area contributed by atoms with Gasteiger partial charge in [-0.05, 0) is 24.6 Å². The lowest BCUT2D eigenvalue weighted by Crippen LogP contribution is -2.49. The molecule has 6 heteroatoms. The Morgan fingerprint density at radius 1 is 1.32 bits per heavy atom. The predicted octanol–water partition coefficient (Wildman–Crippen LogP) is 2.38. The molecule has 22 heavy (non-hydrogen) atoms. The standard InChI is InChI=1S/C16H20FN3OS/c1-11-3-4-13(9-14(11)17)15(21)19-5-7-20(8-6-19)16-18-10-12(2)22-16/h3-4,9,12H,5-8,10H2,1-2H3. The number of halogens is 1. The first kappa shape index (κ1) is 15.3. The molecule has 0 aromatic heterocycles. The van der Waals surface area contributed by atoms with E-state index in [-0.39, 0.29) is 11.7 Å². The highest BCUT2D eigenvalue weighted by atomic mass is 32.2. The zero-order valence-corrected chi connectivity index (χ0v) is 13.7. The Bertz CT molecular complexity index is 611. The molecule has 4 nitrogen and oxygen atoms in total. The molecular formula is C16H20FN3OS. The van der Waals surface area contributed by atoms with E-state index < -0.39 is 0 Å². The molecule has 1 saturated heterocycles. The quantitative estimate of drug-likeness (QED) is 0.797. The van der Waals surface area contributed by atoms with Crippen LogP contribution in [0.1, 0.15) is 22.8 Å². The third-order valence-electron chi connectivity index (χ3n) is 4.05. The van der Waals surface area contributed by atoms with Gasteiger partial charge in [-0.3, -0.25) is 9.79 Å². The van der Waals surface area contributed by atoms with Crippen LogP contribution in [-0.2, 0) is 0 Å². The number of rotatable bonds is 1. The molecule has 118 valence electrons. The summed E-state index contributed by atoms with van der Waals surface area (Å²) in [6.45, 7) is 7.64. The van der Waals surface area contributed by atoms with Gasteiger partial charge in [0.2, 0.25) is 0 Å². The van der Waals surface area contributed by atoms with Crippen LogP contribution in [0.2, 0.25) is 0 Å². The van der Waals surface area contributed by atoms with E-state index >= 15 is 0 Å². The van der Waals surface area contributed by atoms with Crippen molar-refractivity contribution in [2.45, 2.75) is 19.1 Å². The summed E-state index contributed by atoms with van der Waals surface area (Å²) in [6.07, 6.45) is 0. The van der Waals surface area contributed by atoms with E-state index in [0.29, 0.717) is 29.5 Å². The van der Waals surface area contributed by atoms with E-state index in [0.717, 1.165) is 24.8 Å². The molecule has 1 unspecified atom stereocenters. The van der Waals surface area contributed by atoms with E-state index in [1.165, 1.54) is 6.07 Å². The van der Waals surface area contributed by atoms with E-state index in [4.69, 9.17) is 0 Å². The number of aliphatic imine (C=N–C) groups is 1. The molecule has 1 atom stereocenters. The van der Waals surface area contributed by atoms with Crippen molar-refractivity contribution in [2.75, 3.05) is 32.7 Å². The van der Waals surface area contributed by atoms with Crippen molar-refractivity contribution in [1.82, 2.24) is 9.80 Å². The lowest BCUT2D eigenvalue weighted by molar-refractivity contribution is 0.0693. The Hall–Kier alpha value is -1.56. The summed E-state index contributed by atoms with van der Waals surface area (Å²) in [7, 11) is 0. The second kappa shape index (κ2) is 6.28. The van der Waals surface area contributed by atoms with Crippen LogP contribution in [0, 0.1) is 12.7 Å². The summed E-state index contributed by atoms with van der Waals surface area (Å²) in [5, 5.41) is 1.64. The van der Waals surface area contributed by atoms with Crippen molar-refractivity contribution in [1.29, 1.82) is 0 Å². The average Bonchev–Trinajstić information content (AvgIpc) is 2.96. The minimum Gasteiger partial charge on any atom is -0.348 e. The summed E-state index contributed by atoms with van der Waals surface area (Å²) in [5.41, 5.74) is 0.990. The minimum absolute atomic E-state index is 0.0899. The maximum Gasteiger partial charge on any atom is 0.254 e. The van der Waals surface area contributed by atoms with Gasteiger partial charge in [-0.15, -0.1) is 0 Å². The molecule has 0 radical (unpaired) electrons. The number of thioether (sulfide) groups is 1. The van der Waals surface area contributed by atoms with Crippen LogP contribution < -0.4 is 0 Å². The summed E-state index contributed by atoms with van der Waals surface area (Å²) < 4.78 is 13.6. The van der Waals surface area contributed by atoms with Crippen molar-refractivity contribution < 1.29 is 9.18 Å². The Morgan fingerprint density at radius 3 is 2.64 bits per heavy atom. The number of carbonyl (C=O) groups excluding carboxylic acids is 1. The van der Waals surface area contributed by atoms with Gasteiger partial charge in [-0.2, -0.15) is 0 Å². The van der Waals surface area contributed by atoms with Crippen LogP contribution in [0.3, 0.4) is 0 Å². The van der Waals surface area contributed by atoms with Gasteiger partial charge in [0.1, 0.15) is 5.82 Å². The second-order valence-electron chi connectivity index (χ2n) is 5.79. The molecule has 1 aromatic rings. The number of piperazine rings is 1. The van der Waals surface area contributed by atoms with Gasteiger partial charge in [-0.1, -0.05) is 24.8 Å². The molecule has 1 aromatic carbocycles. The third-order valence-corrected chi connectivity index (χ3v) is 5.20. The highest BCUT2D eigenvalue weighted by molar-refractivity contribution is 8.14. The number of aryl methyl sites for hydroxylation is 1. The van der Waals surface area contributed by atoms with Crippen LogP contribution in [-0.4, -0.2) is 58.8 Å². The van der Waals surface area contributed by atoms with Gasteiger partial charge in [0.05, 0.1) is 6.54 Å². The summed E-state index contributed by atoms with van der Waals surface area (Å²) in [5.74, 6) is -0.414. The van der Waals surface area contributed by atoms with Crippen molar-refractivity contribution in [3.8, 4) is 0 Å². The molecule has 3 rings (SSSR count). The fourth-order valence-corrected chi connectivity index (χ4v) is 3.63. The first-order chi connectivity index (χ1) is 10.5. The molecule has 2 aliphatic rings. The Morgan fingerprint density at radius 2 is 2.05 bits per heavy atom. The number of amidine groups is 1. The fraction of sp³-hybridized carbons (Fsp3) is 0.500. The monoisotopic (exact) mass is 321 g/mol. The van der Waals surface area contributed by atoms with Crippen LogP contribution in [0.25, 0.3) is 0 Å². The van der Waals surface area contributed by atoms with E-state index in [1.807, 2.05) is 0 Å². The number of carbonyl (C=O) groups is 1. The van der Waals surface area contributed by atoms with Crippen molar-refractivity contribution >= 4 is 22.8 Å². The topological polar surface area (TPSA) is 35.9 Å². The maximum absolute atomic E-state index is 13.6. The smallest absolute Gasteiger partial charge is 0.254 e. The first-order valence-electron chi connectivity index (χ1n) is 7.56. The van der Waals surface area contributed by atoms with Gasteiger partial charge < -0.3 is 9.80 Å². The molecule has 0 bridgehead atoms. The zero-order valence-electron chi connectivity index (χ0n) is 12.9. The fourth-order valence-electron chi connectivity index (χ4n) is 2.64. The molecule has 1 fully saturated rings. The lowest BCUT2D eigenvalue weighted by atomic mass is 10.1. The summed E-state index contributed by atoms with van der Waals surface area (Å²) in [6, 6.07) is 4.69. The molecule has 0 N–H and O–H groups in total. The Balaban J connectivity index is 1.61. The molecule has 1 amide bonds. The second-order valence-corrected chi connectivity index (χ2v) is 7.20. The summed E-state index contributed by atoms with van der Waals surface area (Å²) in [4.78, 5) is 21.0. The highest BCUT2D eigenvalue weighted by Gasteiger charge is 2.27. The number of hydrogen-bond donors (Lipinski definition) is 0. The Labute approximate surface area is 134 Å². The van der Waals surface area contributed by atoms with Crippen molar-refractivity contribution in [2.24, 2.45) is 4.99 Å². The van der Waals surface area contributed by atoms with Gasteiger partial charge in [0.15, 0.2) is 5.17 Å². The van der Waals surface area contributed by atoms with Crippen LogP contribution >= 0.6 is 11.8 Å². The first-order valence-corrected chi connectivity index (χ1v) is 8.44. The molecule has 0 aliphatic carbocycles. The van der Waals surface area contributed by atoms with Gasteiger partial charge in [0.25, 0.3) is 5.91 Å². The summed E-state index contributed by atoms with van der Waals surface area (Å²) >= 11 is 1.80. The number of benzene rings is 1. The van der Waals surface area contributed by atoms with E-state index in [1.54, 1.807) is 35.7 Å². The average molecular weight is 321 g/mol. The number of hydrogen-bond acceptors (Lipinski definition) is 4. The molecule has 0 spiro atoms. The van der Waals surface area contributed by atoms with Gasteiger partial charge in [-0.25, -0.2) is 4.39 Å². The molecular weight excluding hydrogens is 301 g/mol. The molecule has 2 heterocycles. The van der Waals surface area contributed by atoms with Gasteiger partial charge in [0, 0.05) is 37.0 Å². The normalized spacial score (nSPS) is 22.0. The maximum atomic E-state index is 13.6. The third kappa shape index (κ3) is 3.11. The van der Waals surface area contributed by atoms with E-state index in [2.05, 4.69) is 16.8 Å². The molecule has 2 aliphatic heterocycles. The molecule has 0 saturated carbocycles. The number of nitrogens with zero attached hydrogens (tertiary/aromatic N) is 3. The van der Waals surface area contributed by atoms with Crippen LogP contribution in [0.4, 0.5) is 4.39 Å². The predicted molar refractivity (Wildman–Crippen MR) is 88.0 cm³/mol. The van der Waals surface area contributed by atoms with Crippen LogP contribution in [0.5, 0.6) is 0 Å². The zero-order chi connectivity index (χ0) is 15.7. The lowest BCUT2D eigenvalue weighted by Gasteiger charge is -2.35. The minimum atomic E-state index is -0.324. The number of amides is 1. The SMILES string of the molecule is Cc1ccc(C(=O)N2CCN(C3=NCC(C)S3)CC2)cc1F. The van der Waals surface area contributed by atoms with Crippen molar-refractivity contribution in [3.63, 3.8) is 0 Å².